The van der Waals surface area contributed by atoms with E-state index in [9.17, 15) is 4.79 Å². The van der Waals surface area contributed by atoms with Gasteiger partial charge in [-0.05, 0) is 32.1 Å². The fourth-order valence-corrected chi connectivity index (χ4v) is 3.31. The quantitative estimate of drug-likeness (QED) is 0.547. The van der Waals surface area contributed by atoms with Gasteiger partial charge in [-0.25, -0.2) is 0 Å². The van der Waals surface area contributed by atoms with Gasteiger partial charge in [0.25, 0.3) is 0 Å². The first-order valence-electron chi connectivity index (χ1n) is 5.00. The van der Waals surface area contributed by atoms with Gasteiger partial charge in [-0.2, -0.15) is 0 Å². The minimum absolute atomic E-state index is 0.00289. The average Bonchev–Trinajstić information content (AvgIpc) is 2.69. The average molecular weight is 166 g/mol. The first kappa shape index (κ1) is 7.07. The van der Waals surface area contributed by atoms with Crippen LogP contribution >= 0.6 is 0 Å². The monoisotopic (exact) mass is 166 g/mol. The number of hydrogen-bond donors (Lipinski definition) is 0. The molecule has 2 heteroatoms. The van der Waals surface area contributed by atoms with Crippen molar-refractivity contribution in [3.8, 4) is 0 Å². The normalized spacial score (nSPS) is 51.2. The molecule has 1 aliphatic carbocycles. The van der Waals surface area contributed by atoms with Crippen LogP contribution in [0.3, 0.4) is 0 Å². The molecule has 0 amide bonds. The van der Waals surface area contributed by atoms with Crippen LogP contribution in [0.5, 0.6) is 0 Å². The molecule has 3 atom stereocenters. The predicted octanol–water partition coefficient (Wildman–Crippen LogP) is 1.68. The molecule has 2 saturated heterocycles. The zero-order valence-corrected chi connectivity index (χ0v) is 7.21. The summed E-state index contributed by atoms with van der Waals surface area (Å²) in [6, 6.07) is 0. The van der Waals surface area contributed by atoms with E-state index in [1.807, 2.05) is 0 Å². The lowest BCUT2D eigenvalue weighted by molar-refractivity contribution is -0.128. The topological polar surface area (TPSA) is 26.3 Å². The number of Topliss-reactive ketones (excluding diaryl/α,β-unsaturated/α-hetero) is 1. The number of hydrogen-bond acceptors (Lipinski definition) is 2. The van der Waals surface area contributed by atoms with Crippen LogP contribution in [0.2, 0.25) is 0 Å². The summed E-state index contributed by atoms with van der Waals surface area (Å²) in [6.07, 6.45) is 7.12. The third kappa shape index (κ3) is 0.674. The fraction of sp³-hybridized carbons (Fsp3) is 0.900. The second-order valence-electron chi connectivity index (χ2n) is 4.46. The Bertz CT molecular complexity index is 236. The maximum atomic E-state index is 11.7. The molecule has 2 aliphatic heterocycles. The summed E-state index contributed by atoms with van der Waals surface area (Å²) in [6.45, 7) is 0. The van der Waals surface area contributed by atoms with E-state index >= 15 is 0 Å². The number of ether oxygens (including phenoxy) is 1. The van der Waals surface area contributed by atoms with Crippen LogP contribution in [-0.4, -0.2) is 18.0 Å². The predicted molar refractivity (Wildman–Crippen MR) is 43.8 cm³/mol. The van der Waals surface area contributed by atoms with Gasteiger partial charge in [-0.15, -0.1) is 0 Å². The number of ketones is 1. The lowest BCUT2D eigenvalue weighted by Crippen LogP contribution is -2.36. The van der Waals surface area contributed by atoms with Crippen molar-refractivity contribution in [3.05, 3.63) is 0 Å². The standard InChI is InChI=1S/C10H14O2/c11-8-2-1-5-10(8)6-7-3-4-9(10)12-7/h7,9H,1-6H2. The molecule has 3 fully saturated rings. The summed E-state index contributed by atoms with van der Waals surface area (Å²) >= 11 is 0. The molecule has 3 aliphatic rings. The van der Waals surface area contributed by atoms with Gasteiger partial charge < -0.3 is 4.74 Å². The molecule has 3 unspecified atom stereocenters. The first-order chi connectivity index (χ1) is 5.81. The van der Waals surface area contributed by atoms with Crippen molar-refractivity contribution in [2.24, 2.45) is 5.41 Å². The van der Waals surface area contributed by atoms with Crippen molar-refractivity contribution in [1.82, 2.24) is 0 Å². The van der Waals surface area contributed by atoms with E-state index in [2.05, 4.69) is 0 Å². The summed E-state index contributed by atoms with van der Waals surface area (Å²) in [7, 11) is 0. The molecule has 2 bridgehead atoms. The maximum Gasteiger partial charge on any atom is 0.141 e. The van der Waals surface area contributed by atoms with Gasteiger partial charge in [0.2, 0.25) is 0 Å². The Morgan fingerprint density at radius 1 is 1.42 bits per heavy atom. The summed E-state index contributed by atoms with van der Waals surface area (Å²) in [5.74, 6) is 0.495. The third-order valence-electron chi connectivity index (χ3n) is 3.90. The summed E-state index contributed by atoms with van der Waals surface area (Å²) in [5.41, 5.74) is 0.00289. The summed E-state index contributed by atoms with van der Waals surface area (Å²) < 4.78 is 5.76. The van der Waals surface area contributed by atoms with Crippen LogP contribution in [0.1, 0.15) is 38.5 Å². The van der Waals surface area contributed by atoms with Gasteiger partial charge >= 0.3 is 0 Å². The van der Waals surface area contributed by atoms with Crippen LogP contribution < -0.4 is 0 Å². The van der Waals surface area contributed by atoms with Crippen molar-refractivity contribution in [2.75, 3.05) is 0 Å². The Kier molecular flexibility index (Phi) is 1.24. The minimum Gasteiger partial charge on any atom is -0.374 e. The highest BCUT2D eigenvalue weighted by atomic mass is 16.5. The molecule has 0 N–H and O–H groups in total. The Balaban J connectivity index is 1.96. The molecular weight excluding hydrogens is 152 g/mol. The number of rotatable bonds is 0. The molecule has 0 aromatic heterocycles. The lowest BCUT2D eigenvalue weighted by Gasteiger charge is -2.28. The molecule has 2 nitrogen and oxygen atoms in total. The smallest absolute Gasteiger partial charge is 0.141 e. The van der Waals surface area contributed by atoms with E-state index in [0.717, 1.165) is 32.1 Å². The Morgan fingerprint density at radius 3 is 2.83 bits per heavy atom. The van der Waals surface area contributed by atoms with Crippen LogP contribution in [0.15, 0.2) is 0 Å². The summed E-state index contributed by atoms with van der Waals surface area (Å²) in [5, 5.41) is 0. The third-order valence-corrected chi connectivity index (χ3v) is 3.90. The maximum absolute atomic E-state index is 11.7. The van der Waals surface area contributed by atoms with Crippen molar-refractivity contribution in [2.45, 2.75) is 50.7 Å². The molecule has 0 aromatic carbocycles. The lowest BCUT2D eigenvalue weighted by atomic mass is 9.72. The molecular formula is C10H14O2. The van der Waals surface area contributed by atoms with Crippen LogP contribution in [0.4, 0.5) is 0 Å². The van der Waals surface area contributed by atoms with Gasteiger partial charge in [0.15, 0.2) is 0 Å². The van der Waals surface area contributed by atoms with Gasteiger partial charge in [-0.1, -0.05) is 0 Å². The van der Waals surface area contributed by atoms with Crippen LogP contribution in [0.25, 0.3) is 0 Å². The Morgan fingerprint density at radius 2 is 2.33 bits per heavy atom. The number of carbonyl (C=O) groups is 1. The van der Waals surface area contributed by atoms with Crippen molar-refractivity contribution in [3.63, 3.8) is 0 Å². The Labute approximate surface area is 72.3 Å². The second kappa shape index (κ2) is 2.11. The zero-order valence-electron chi connectivity index (χ0n) is 7.21. The minimum atomic E-state index is 0.00289. The SMILES string of the molecule is O=C1CCCC12CC1CCC2O1. The van der Waals surface area contributed by atoms with Gasteiger partial charge in [-0.3, -0.25) is 4.79 Å². The van der Waals surface area contributed by atoms with Gasteiger partial charge in [0.05, 0.1) is 17.6 Å². The van der Waals surface area contributed by atoms with E-state index in [4.69, 9.17) is 4.74 Å². The van der Waals surface area contributed by atoms with E-state index < -0.39 is 0 Å². The zero-order chi connectivity index (χ0) is 8.18. The molecule has 3 rings (SSSR count). The van der Waals surface area contributed by atoms with E-state index in [0.29, 0.717) is 18.0 Å². The van der Waals surface area contributed by atoms with Gasteiger partial charge in [0.1, 0.15) is 5.78 Å². The van der Waals surface area contributed by atoms with Crippen molar-refractivity contribution >= 4 is 5.78 Å². The van der Waals surface area contributed by atoms with E-state index in [1.54, 1.807) is 0 Å². The Hall–Kier alpha value is -0.370. The summed E-state index contributed by atoms with van der Waals surface area (Å²) in [4.78, 5) is 11.7. The molecule has 1 saturated carbocycles. The first-order valence-corrected chi connectivity index (χ1v) is 5.00. The second-order valence-corrected chi connectivity index (χ2v) is 4.46. The molecule has 12 heavy (non-hydrogen) atoms. The molecule has 0 radical (unpaired) electrons. The van der Waals surface area contributed by atoms with E-state index in [-0.39, 0.29) is 5.41 Å². The number of carbonyl (C=O) groups excluding carboxylic acids is 1. The van der Waals surface area contributed by atoms with Crippen LogP contribution in [-0.2, 0) is 9.53 Å². The number of fused-ring (bicyclic) bond motifs is 3. The highest BCUT2D eigenvalue weighted by molar-refractivity contribution is 5.88. The van der Waals surface area contributed by atoms with E-state index in [1.165, 1.54) is 6.42 Å². The highest BCUT2D eigenvalue weighted by Gasteiger charge is 2.57. The van der Waals surface area contributed by atoms with Crippen LogP contribution in [0, 0.1) is 5.41 Å². The highest BCUT2D eigenvalue weighted by Crippen LogP contribution is 2.54. The van der Waals surface area contributed by atoms with Crippen molar-refractivity contribution < 1.29 is 9.53 Å². The molecule has 2 heterocycles. The molecule has 1 spiro atoms. The largest absolute Gasteiger partial charge is 0.374 e. The fourth-order valence-electron chi connectivity index (χ4n) is 3.31. The van der Waals surface area contributed by atoms with Gasteiger partial charge in [0, 0.05) is 6.42 Å². The molecule has 66 valence electrons. The van der Waals surface area contributed by atoms with Crippen molar-refractivity contribution in [1.29, 1.82) is 0 Å². The molecule has 0 aromatic rings.